The molecule has 1 heterocycles. The van der Waals surface area contributed by atoms with Crippen LogP contribution in [0.1, 0.15) is 51.5 Å². The van der Waals surface area contributed by atoms with Gasteiger partial charge in [0.1, 0.15) is 0 Å². The molecule has 3 heteroatoms. The average Bonchev–Trinajstić information content (AvgIpc) is 2.50. The minimum atomic E-state index is 0.193. The van der Waals surface area contributed by atoms with E-state index in [1.807, 2.05) is 24.3 Å². The van der Waals surface area contributed by atoms with Crippen LogP contribution in [0.2, 0.25) is 0 Å². The highest BCUT2D eigenvalue weighted by Gasteiger charge is 2.09. The fraction of sp³-hybridized carbons (Fsp3) is 0.500. The number of nitrogens with zero attached hydrogens (tertiary/aromatic N) is 1. The molecule has 0 amide bonds. The summed E-state index contributed by atoms with van der Waals surface area (Å²) in [4.78, 5) is 4.59. The van der Waals surface area contributed by atoms with E-state index in [4.69, 9.17) is 16.3 Å². The molecule has 0 fully saturated rings. The first kappa shape index (κ1) is 16.1. The number of hydrogen-bond acceptors (Lipinski definition) is 2. The molecule has 0 spiro atoms. The van der Waals surface area contributed by atoms with Crippen LogP contribution < -0.4 is 4.74 Å². The van der Waals surface area contributed by atoms with E-state index in [-0.39, 0.29) is 6.10 Å². The Morgan fingerprint density at radius 1 is 1.19 bits per heavy atom. The molecule has 1 atom stereocenters. The first-order valence-electron chi connectivity index (χ1n) is 7.86. The van der Waals surface area contributed by atoms with Gasteiger partial charge in [0.15, 0.2) is 0 Å². The fourth-order valence-electron chi connectivity index (χ4n) is 2.52. The van der Waals surface area contributed by atoms with Gasteiger partial charge in [-0.25, -0.2) is 4.98 Å². The molecule has 2 rings (SSSR count). The highest BCUT2D eigenvalue weighted by Crippen LogP contribution is 2.24. The predicted molar refractivity (Wildman–Crippen MR) is 90.1 cm³/mol. The quantitative estimate of drug-likeness (QED) is 0.460. The second-order valence-corrected chi connectivity index (χ2v) is 5.82. The molecule has 0 aliphatic heterocycles. The number of unbranched alkanes of at least 4 members (excludes halogenated alkanes) is 3. The van der Waals surface area contributed by atoms with Crippen molar-refractivity contribution in [3.05, 3.63) is 35.9 Å². The maximum absolute atomic E-state index is 6.05. The lowest BCUT2D eigenvalue weighted by atomic mass is 10.1. The molecule has 0 saturated heterocycles. The number of alkyl halides is 1. The van der Waals surface area contributed by atoms with Crippen LogP contribution in [0.4, 0.5) is 0 Å². The van der Waals surface area contributed by atoms with E-state index >= 15 is 0 Å². The molecular formula is C18H24ClNO. The highest BCUT2D eigenvalue weighted by molar-refractivity contribution is 6.18. The van der Waals surface area contributed by atoms with E-state index in [1.54, 1.807) is 0 Å². The van der Waals surface area contributed by atoms with Crippen LogP contribution in [0.3, 0.4) is 0 Å². The molecule has 1 unspecified atom stereocenters. The lowest BCUT2D eigenvalue weighted by molar-refractivity contribution is 0.199. The third kappa shape index (κ3) is 4.60. The highest BCUT2D eigenvalue weighted by atomic mass is 35.5. The summed E-state index contributed by atoms with van der Waals surface area (Å²) in [6.45, 7) is 4.34. The van der Waals surface area contributed by atoms with Gasteiger partial charge in [-0.1, -0.05) is 44.4 Å². The number of halogens is 1. The molecule has 0 radical (unpaired) electrons. The van der Waals surface area contributed by atoms with E-state index in [1.165, 1.54) is 25.7 Å². The zero-order valence-electron chi connectivity index (χ0n) is 12.9. The summed E-state index contributed by atoms with van der Waals surface area (Å²) in [5.41, 5.74) is 2.03. The summed E-state index contributed by atoms with van der Waals surface area (Å²) in [7, 11) is 0. The first-order chi connectivity index (χ1) is 10.2. The smallest absolute Gasteiger partial charge is 0.214 e. The van der Waals surface area contributed by atoms with Gasteiger partial charge in [0, 0.05) is 17.3 Å². The Morgan fingerprint density at radius 2 is 2.00 bits per heavy atom. The molecule has 0 aliphatic carbocycles. The number of para-hydroxylation sites is 1. The Kier molecular flexibility index (Phi) is 6.31. The molecule has 2 aromatic rings. The molecule has 0 N–H and O–H groups in total. The predicted octanol–water partition coefficient (Wildman–Crippen LogP) is 5.71. The largest absolute Gasteiger partial charge is 0.475 e. The van der Waals surface area contributed by atoms with Crippen molar-refractivity contribution in [1.29, 1.82) is 0 Å². The SMILES string of the molecule is CCCCCCC(C)Oc1cc(CCl)c2ccccc2n1. The lowest BCUT2D eigenvalue weighted by Gasteiger charge is -2.15. The van der Waals surface area contributed by atoms with Gasteiger partial charge in [0.25, 0.3) is 0 Å². The minimum absolute atomic E-state index is 0.193. The molecule has 1 aromatic heterocycles. The second kappa shape index (κ2) is 8.23. The van der Waals surface area contributed by atoms with Crippen molar-refractivity contribution in [2.75, 3.05) is 0 Å². The normalized spacial score (nSPS) is 12.5. The van der Waals surface area contributed by atoms with Crippen molar-refractivity contribution < 1.29 is 4.74 Å². The number of benzene rings is 1. The summed E-state index contributed by atoms with van der Waals surface area (Å²) in [6, 6.07) is 10.0. The third-order valence-corrected chi connectivity index (χ3v) is 4.00. The van der Waals surface area contributed by atoms with Crippen LogP contribution in [0, 0.1) is 0 Å². The summed E-state index contributed by atoms with van der Waals surface area (Å²) in [5.74, 6) is 1.16. The number of pyridine rings is 1. The van der Waals surface area contributed by atoms with Crippen molar-refractivity contribution >= 4 is 22.5 Å². The van der Waals surface area contributed by atoms with Crippen molar-refractivity contribution in [2.45, 2.75) is 57.9 Å². The Bertz CT molecular complexity index is 570. The summed E-state index contributed by atoms with van der Waals surface area (Å²) < 4.78 is 5.98. The topological polar surface area (TPSA) is 22.1 Å². The van der Waals surface area contributed by atoms with Crippen LogP contribution in [0.15, 0.2) is 30.3 Å². The van der Waals surface area contributed by atoms with E-state index in [0.29, 0.717) is 11.8 Å². The Balaban J connectivity index is 2.04. The average molecular weight is 306 g/mol. The van der Waals surface area contributed by atoms with Crippen LogP contribution in [-0.2, 0) is 5.88 Å². The van der Waals surface area contributed by atoms with E-state index in [0.717, 1.165) is 22.9 Å². The molecule has 114 valence electrons. The maximum Gasteiger partial charge on any atom is 0.214 e. The summed E-state index contributed by atoms with van der Waals surface area (Å²) in [5, 5.41) is 1.11. The van der Waals surface area contributed by atoms with Gasteiger partial charge in [-0.3, -0.25) is 0 Å². The Morgan fingerprint density at radius 3 is 2.76 bits per heavy atom. The lowest BCUT2D eigenvalue weighted by Crippen LogP contribution is -2.12. The van der Waals surface area contributed by atoms with Gasteiger partial charge in [0.2, 0.25) is 5.88 Å². The molecule has 0 aliphatic rings. The molecular weight excluding hydrogens is 282 g/mol. The van der Waals surface area contributed by atoms with Gasteiger partial charge < -0.3 is 4.74 Å². The number of aromatic nitrogens is 1. The fourth-order valence-corrected chi connectivity index (χ4v) is 2.74. The van der Waals surface area contributed by atoms with Gasteiger partial charge >= 0.3 is 0 Å². The van der Waals surface area contributed by atoms with Crippen LogP contribution >= 0.6 is 11.6 Å². The van der Waals surface area contributed by atoms with Gasteiger partial charge in [-0.2, -0.15) is 0 Å². The summed E-state index contributed by atoms with van der Waals surface area (Å²) in [6.07, 6.45) is 6.33. The van der Waals surface area contributed by atoms with Crippen molar-refractivity contribution in [2.24, 2.45) is 0 Å². The van der Waals surface area contributed by atoms with E-state index in [9.17, 15) is 0 Å². The molecule has 21 heavy (non-hydrogen) atoms. The second-order valence-electron chi connectivity index (χ2n) is 5.55. The molecule has 0 bridgehead atoms. The molecule has 0 saturated carbocycles. The first-order valence-corrected chi connectivity index (χ1v) is 8.39. The van der Waals surface area contributed by atoms with Gasteiger partial charge in [0.05, 0.1) is 11.6 Å². The van der Waals surface area contributed by atoms with Gasteiger partial charge in [-0.05, 0) is 31.4 Å². The van der Waals surface area contributed by atoms with Crippen LogP contribution in [-0.4, -0.2) is 11.1 Å². The molecule has 2 nitrogen and oxygen atoms in total. The van der Waals surface area contributed by atoms with Crippen molar-refractivity contribution in [3.63, 3.8) is 0 Å². The Labute approximate surface area is 132 Å². The zero-order valence-corrected chi connectivity index (χ0v) is 13.7. The Hall–Kier alpha value is -1.28. The van der Waals surface area contributed by atoms with E-state index in [2.05, 4.69) is 24.9 Å². The number of ether oxygens (including phenoxy) is 1. The summed E-state index contributed by atoms with van der Waals surface area (Å²) >= 11 is 6.05. The molecule has 1 aromatic carbocycles. The third-order valence-electron chi connectivity index (χ3n) is 3.71. The van der Waals surface area contributed by atoms with Crippen LogP contribution in [0.25, 0.3) is 10.9 Å². The van der Waals surface area contributed by atoms with Crippen LogP contribution in [0.5, 0.6) is 5.88 Å². The van der Waals surface area contributed by atoms with Crippen molar-refractivity contribution in [3.8, 4) is 5.88 Å². The van der Waals surface area contributed by atoms with E-state index < -0.39 is 0 Å². The standard InChI is InChI=1S/C18H24ClNO/c1-3-4-5-6-9-14(2)21-18-12-15(13-19)16-10-7-8-11-17(16)20-18/h7-8,10-12,14H,3-6,9,13H2,1-2H3. The van der Waals surface area contributed by atoms with Gasteiger partial charge in [-0.15, -0.1) is 11.6 Å². The number of rotatable bonds is 8. The van der Waals surface area contributed by atoms with Crippen molar-refractivity contribution in [1.82, 2.24) is 4.98 Å². The monoisotopic (exact) mass is 305 g/mol. The number of fused-ring (bicyclic) bond motifs is 1. The number of hydrogen-bond donors (Lipinski definition) is 0. The minimum Gasteiger partial charge on any atom is -0.475 e. The zero-order chi connectivity index (χ0) is 15.1. The maximum atomic E-state index is 6.05.